The highest BCUT2D eigenvalue weighted by molar-refractivity contribution is 7.22. The van der Waals surface area contributed by atoms with Gasteiger partial charge in [0.2, 0.25) is 0 Å². The molecule has 3 heterocycles. The maximum atomic E-state index is 4.80. The predicted molar refractivity (Wildman–Crippen MR) is 94.9 cm³/mol. The Morgan fingerprint density at radius 3 is 2.87 bits per heavy atom. The van der Waals surface area contributed by atoms with Crippen LogP contribution in [0.1, 0.15) is 12.5 Å². The Bertz CT molecular complexity index is 775. The van der Waals surface area contributed by atoms with Crippen molar-refractivity contribution >= 4 is 26.7 Å². The van der Waals surface area contributed by atoms with Gasteiger partial charge in [0.05, 0.1) is 16.4 Å². The van der Waals surface area contributed by atoms with Crippen LogP contribution in [0.3, 0.4) is 0 Å². The van der Waals surface area contributed by atoms with Gasteiger partial charge in [0.1, 0.15) is 0 Å². The van der Waals surface area contributed by atoms with Crippen LogP contribution in [-0.4, -0.2) is 45.3 Å². The normalized spacial score (nSPS) is 19.6. The second kappa shape index (κ2) is 5.94. The Labute approximate surface area is 140 Å². The van der Waals surface area contributed by atoms with E-state index < -0.39 is 0 Å². The molecule has 0 saturated carbocycles. The maximum absolute atomic E-state index is 4.80. The topological polar surface area (TPSA) is 37.2 Å². The minimum atomic E-state index is 0.510. The van der Waals surface area contributed by atoms with Gasteiger partial charge in [0.25, 0.3) is 0 Å². The molecule has 1 aliphatic heterocycles. The molecule has 6 heteroatoms. The fraction of sp³-hybridized carbons (Fsp3) is 0.412. The summed E-state index contributed by atoms with van der Waals surface area (Å²) in [5, 5.41) is 5.42. The second-order valence-corrected chi connectivity index (χ2v) is 7.26. The number of piperazine rings is 1. The lowest BCUT2D eigenvalue weighted by atomic mass is 10.2. The number of aromatic nitrogens is 3. The van der Waals surface area contributed by atoms with Gasteiger partial charge in [0, 0.05) is 51.0 Å². The molecule has 3 aromatic rings. The third-order valence-electron chi connectivity index (χ3n) is 4.46. The van der Waals surface area contributed by atoms with Gasteiger partial charge in [-0.15, -0.1) is 0 Å². The molecule has 0 bridgehead atoms. The zero-order valence-corrected chi connectivity index (χ0v) is 14.3. The van der Waals surface area contributed by atoms with E-state index in [2.05, 4.69) is 52.3 Å². The Morgan fingerprint density at radius 2 is 2.13 bits per heavy atom. The van der Waals surface area contributed by atoms with Gasteiger partial charge >= 0.3 is 0 Å². The molecule has 1 aromatic carbocycles. The molecule has 0 aliphatic carbocycles. The number of hydrogen-bond acceptors (Lipinski definition) is 5. The summed E-state index contributed by atoms with van der Waals surface area (Å²) in [5.74, 6) is 0. The van der Waals surface area contributed by atoms with Crippen molar-refractivity contribution in [1.82, 2.24) is 19.7 Å². The highest BCUT2D eigenvalue weighted by Gasteiger charge is 2.25. The van der Waals surface area contributed by atoms with Gasteiger partial charge in [0.15, 0.2) is 5.13 Å². The molecule has 0 amide bonds. The highest BCUT2D eigenvalue weighted by Crippen LogP contribution is 2.30. The van der Waals surface area contributed by atoms with Gasteiger partial charge in [-0.05, 0) is 19.1 Å². The van der Waals surface area contributed by atoms with E-state index in [0.717, 1.165) is 36.8 Å². The van der Waals surface area contributed by atoms with E-state index >= 15 is 0 Å². The zero-order valence-electron chi connectivity index (χ0n) is 13.5. The van der Waals surface area contributed by atoms with E-state index in [-0.39, 0.29) is 0 Å². The first-order valence-corrected chi connectivity index (χ1v) is 8.83. The summed E-state index contributed by atoms with van der Waals surface area (Å²) in [6.45, 7) is 6.40. The highest BCUT2D eigenvalue weighted by atomic mass is 32.1. The molecule has 1 atom stereocenters. The molecule has 1 aliphatic rings. The van der Waals surface area contributed by atoms with Gasteiger partial charge in [-0.25, -0.2) is 4.98 Å². The molecule has 5 nitrogen and oxygen atoms in total. The van der Waals surface area contributed by atoms with Crippen LogP contribution in [0.15, 0.2) is 36.7 Å². The molecular formula is C17H21N5S. The smallest absolute Gasteiger partial charge is 0.186 e. The van der Waals surface area contributed by atoms with Crippen LogP contribution in [0.4, 0.5) is 5.13 Å². The average molecular weight is 327 g/mol. The fourth-order valence-corrected chi connectivity index (χ4v) is 4.19. The lowest BCUT2D eigenvalue weighted by Gasteiger charge is -2.39. The van der Waals surface area contributed by atoms with E-state index in [1.807, 2.05) is 17.9 Å². The molecule has 0 radical (unpaired) electrons. The summed E-state index contributed by atoms with van der Waals surface area (Å²) >= 11 is 1.80. The monoisotopic (exact) mass is 327 g/mol. The first-order chi connectivity index (χ1) is 11.2. The molecule has 1 saturated heterocycles. The van der Waals surface area contributed by atoms with Gasteiger partial charge in [-0.3, -0.25) is 9.58 Å². The van der Waals surface area contributed by atoms with Gasteiger partial charge in [-0.1, -0.05) is 23.5 Å². The van der Waals surface area contributed by atoms with Gasteiger partial charge < -0.3 is 4.90 Å². The summed E-state index contributed by atoms with van der Waals surface area (Å²) in [6.07, 6.45) is 4.07. The Kier molecular flexibility index (Phi) is 3.79. The summed E-state index contributed by atoms with van der Waals surface area (Å²) in [4.78, 5) is 9.75. The summed E-state index contributed by atoms with van der Waals surface area (Å²) in [7, 11) is 1.97. The van der Waals surface area contributed by atoms with Crippen LogP contribution in [0.5, 0.6) is 0 Å². The van der Waals surface area contributed by atoms with Crippen molar-refractivity contribution in [2.75, 3.05) is 24.5 Å². The number of thiazole rings is 1. The minimum Gasteiger partial charge on any atom is -0.345 e. The van der Waals surface area contributed by atoms with Crippen LogP contribution in [-0.2, 0) is 13.6 Å². The summed E-state index contributed by atoms with van der Waals surface area (Å²) in [6, 6.07) is 8.89. The van der Waals surface area contributed by atoms with Crippen molar-refractivity contribution in [2.45, 2.75) is 19.5 Å². The van der Waals surface area contributed by atoms with Gasteiger partial charge in [-0.2, -0.15) is 5.10 Å². The molecule has 1 fully saturated rings. The van der Waals surface area contributed by atoms with Crippen molar-refractivity contribution in [3.8, 4) is 0 Å². The van der Waals surface area contributed by atoms with Crippen LogP contribution >= 0.6 is 11.3 Å². The number of aryl methyl sites for hydroxylation is 1. The molecule has 4 rings (SSSR count). The number of para-hydroxylation sites is 1. The average Bonchev–Trinajstić information content (AvgIpc) is 3.15. The standard InChI is InChI=1S/C17H21N5S/c1-13-10-22(17-19-15-5-3-4-6-16(15)23-17)8-7-21(13)12-14-9-18-20(2)11-14/h3-6,9,11,13H,7-8,10,12H2,1-2H3. The van der Waals surface area contributed by atoms with E-state index in [0.29, 0.717) is 6.04 Å². The van der Waals surface area contributed by atoms with Crippen LogP contribution < -0.4 is 4.90 Å². The molecule has 120 valence electrons. The molecular weight excluding hydrogens is 306 g/mol. The van der Waals surface area contributed by atoms with Crippen molar-refractivity contribution in [1.29, 1.82) is 0 Å². The Balaban J connectivity index is 1.46. The molecule has 0 N–H and O–H groups in total. The Hall–Kier alpha value is -1.92. The number of hydrogen-bond donors (Lipinski definition) is 0. The fourth-order valence-electron chi connectivity index (χ4n) is 3.19. The second-order valence-electron chi connectivity index (χ2n) is 6.25. The van der Waals surface area contributed by atoms with E-state index in [1.54, 1.807) is 11.3 Å². The largest absolute Gasteiger partial charge is 0.345 e. The van der Waals surface area contributed by atoms with Crippen LogP contribution in [0.2, 0.25) is 0 Å². The first kappa shape index (κ1) is 14.7. The van der Waals surface area contributed by atoms with Crippen molar-refractivity contribution < 1.29 is 0 Å². The number of nitrogens with zero attached hydrogens (tertiary/aromatic N) is 5. The molecule has 23 heavy (non-hydrogen) atoms. The van der Waals surface area contributed by atoms with Crippen LogP contribution in [0.25, 0.3) is 10.2 Å². The van der Waals surface area contributed by atoms with E-state index in [4.69, 9.17) is 4.98 Å². The Morgan fingerprint density at radius 1 is 1.26 bits per heavy atom. The number of anilines is 1. The van der Waals surface area contributed by atoms with Crippen molar-refractivity contribution in [2.24, 2.45) is 7.05 Å². The first-order valence-electron chi connectivity index (χ1n) is 8.01. The number of rotatable bonds is 3. The number of benzene rings is 1. The predicted octanol–water partition coefficient (Wildman–Crippen LogP) is 2.74. The third-order valence-corrected chi connectivity index (χ3v) is 5.56. The lowest BCUT2D eigenvalue weighted by Crippen LogP contribution is -2.51. The summed E-state index contributed by atoms with van der Waals surface area (Å²) < 4.78 is 3.14. The molecule has 2 aromatic heterocycles. The quantitative estimate of drug-likeness (QED) is 0.741. The van der Waals surface area contributed by atoms with Crippen LogP contribution in [0, 0.1) is 0 Å². The summed E-state index contributed by atoms with van der Waals surface area (Å²) in [5.41, 5.74) is 2.39. The zero-order chi connectivity index (χ0) is 15.8. The third kappa shape index (κ3) is 2.96. The number of fused-ring (bicyclic) bond motifs is 1. The van der Waals surface area contributed by atoms with E-state index in [9.17, 15) is 0 Å². The minimum absolute atomic E-state index is 0.510. The SMILES string of the molecule is CC1CN(c2nc3ccccc3s2)CCN1Cc1cnn(C)c1. The van der Waals surface area contributed by atoms with E-state index in [1.165, 1.54) is 10.3 Å². The molecule has 1 unspecified atom stereocenters. The molecule has 0 spiro atoms. The van der Waals surface area contributed by atoms with Crippen molar-refractivity contribution in [3.63, 3.8) is 0 Å². The lowest BCUT2D eigenvalue weighted by molar-refractivity contribution is 0.181. The van der Waals surface area contributed by atoms with Crippen molar-refractivity contribution in [3.05, 3.63) is 42.2 Å². The maximum Gasteiger partial charge on any atom is 0.186 e.